The molecule has 2 aromatic rings. The Balaban J connectivity index is 1.86. The molecule has 2 aromatic carbocycles. The molecule has 0 unspecified atom stereocenters. The minimum absolute atomic E-state index is 0.0289. The van der Waals surface area contributed by atoms with E-state index >= 15 is 0 Å². The molecule has 0 saturated heterocycles. The van der Waals surface area contributed by atoms with Gasteiger partial charge in [-0.1, -0.05) is 87.9 Å². The van der Waals surface area contributed by atoms with Crippen LogP contribution >= 0.6 is 0 Å². The van der Waals surface area contributed by atoms with Crippen molar-refractivity contribution in [2.75, 3.05) is 0 Å². The Morgan fingerprint density at radius 3 is 1.96 bits per heavy atom. The molecule has 0 aromatic heterocycles. The first-order valence-corrected chi connectivity index (χ1v) is 9.86. The summed E-state index contributed by atoms with van der Waals surface area (Å²) in [5.41, 5.74) is 1.99. The molecule has 0 aliphatic heterocycles. The van der Waals surface area contributed by atoms with Gasteiger partial charge < -0.3 is 4.74 Å². The molecule has 0 spiro atoms. The standard InChI is InChI=1S/C24H30O2/c1-17(2)21-15-14-18(3)16-22(21)26-24(25)23(19-10-6-4-7-11-19)20-12-8-5-9-13-20/h4-13,17-18,21-23H,14-16H2,1-3H3/t18-,21+,22+/m1/s1. The second-order valence-corrected chi connectivity index (χ2v) is 8.06. The van der Waals surface area contributed by atoms with E-state index in [0.717, 1.165) is 24.0 Å². The Morgan fingerprint density at radius 2 is 1.46 bits per heavy atom. The van der Waals surface area contributed by atoms with Gasteiger partial charge in [-0.3, -0.25) is 4.79 Å². The highest BCUT2D eigenvalue weighted by atomic mass is 16.5. The predicted molar refractivity (Wildman–Crippen MR) is 106 cm³/mol. The summed E-state index contributed by atoms with van der Waals surface area (Å²) < 4.78 is 6.17. The molecule has 138 valence electrons. The zero-order valence-electron chi connectivity index (χ0n) is 16.1. The lowest BCUT2D eigenvalue weighted by Crippen LogP contribution is -2.37. The molecule has 0 N–H and O–H groups in total. The lowest BCUT2D eigenvalue weighted by molar-refractivity contribution is -0.156. The van der Waals surface area contributed by atoms with Crippen LogP contribution in [0.2, 0.25) is 0 Å². The Labute approximate surface area is 157 Å². The molecule has 0 amide bonds. The van der Waals surface area contributed by atoms with E-state index in [1.807, 2.05) is 60.7 Å². The lowest BCUT2D eigenvalue weighted by Gasteiger charge is -2.37. The molecular formula is C24H30O2. The fourth-order valence-corrected chi connectivity index (χ4v) is 4.22. The predicted octanol–water partition coefficient (Wildman–Crippen LogP) is 5.82. The minimum atomic E-state index is -0.359. The number of carbonyl (C=O) groups is 1. The first-order chi connectivity index (χ1) is 12.6. The van der Waals surface area contributed by atoms with Gasteiger partial charge in [0.25, 0.3) is 0 Å². The molecule has 0 radical (unpaired) electrons. The molecule has 2 heteroatoms. The van der Waals surface area contributed by atoms with Crippen molar-refractivity contribution in [3.63, 3.8) is 0 Å². The number of hydrogen-bond donors (Lipinski definition) is 0. The Kier molecular flexibility index (Phi) is 6.13. The third kappa shape index (κ3) is 4.35. The van der Waals surface area contributed by atoms with Crippen molar-refractivity contribution in [2.45, 2.75) is 52.1 Å². The van der Waals surface area contributed by atoms with Crippen LogP contribution in [0.15, 0.2) is 60.7 Å². The Hall–Kier alpha value is -2.09. The largest absolute Gasteiger partial charge is 0.461 e. The van der Waals surface area contributed by atoms with Gasteiger partial charge in [-0.15, -0.1) is 0 Å². The average molecular weight is 351 g/mol. The molecular weight excluding hydrogens is 320 g/mol. The van der Waals surface area contributed by atoms with Gasteiger partial charge in [0.1, 0.15) is 12.0 Å². The van der Waals surface area contributed by atoms with Crippen LogP contribution in [0.1, 0.15) is 57.1 Å². The Morgan fingerprint density at radius 1 is 0.923 bits per heavy atom. The van der Waals surface area contributed by atoms with Crippen molar-refractivity contribution in [2.24, 2.45) is 17.8 Å². The van der Waals surface area contributed by atoms with E-state index in [1.54, 1.807) is 0 Å². The van der Waals surface area contributed by atoms with Gasteiger partial charge >= 0.3 is 5.97 Å². The van der Waals surface area contributed by atoms with Gasteiger partial charge in [-0.2, -0.15) is 0 Å². The molecule has 26 heavy (non-hydrogen) atoms. The quantitative estimate of drug-likeness (QED) is 0.635. The van der Waals surface area contributed by atoms with Gasteiger partial charge in [0.05, 0.1) is 0 Å². The van der Waals surface area contributed by atoms with Crippen molar-refractivity contribution in [3.8, 4) is 0 Å². The van der Waals surface area contributed by atoms with Crippen molar-refractivity contribution in [1.82, 2.24) is 0 Å². The summed E-state index contributed by atoms with van der Waals surface area (Å²) in [6, 6.07) is 20.0. The fourth-order valence-electron chi connectivity index (χ4n) is 4.22. The van der Waals surface area contributed by atoms with Gasteiger partial charge in [0.15, 0.2) is 0 Å². The second-order valence-electron chi connectivity index (χ2n) is 8.06. The minimum Gasteiger partial charge on any atom is -0.461 e. The van der Waals surface area contributed by atoms with Crippen LogP contribution in [0.25, 0.3) is 0 Å². The van der Waals surface area contributed by atoms with Crippen LogP contribution in [0, 0.1) is 17.8 Å². The first kappa shape index (κ1) is 18.7. The summed E-state index contributed by atoms with van der Waals surface area (Å²) in [7, 11) is 0. The van der Waals surface area contributed by atoms with Crippen LogP contribution in [0.3, 0.4) is 0 Å². The maximum Gasteiger partial charge on any atom is 0.318 e. The zero-order valence-corrected chi connectivity index (χ0v) is 16.1. The highest BCUT2D eigenvalue weighted by Crippen LogP contribution is 2.37. The number of ether oxygens (including phenoxy) is 1. The average Bonchev–Trinajstić information content (AvgIpc) is 2.63. The number of carbonyl (C=O) groups excluding carboxylic acids is 1. The van der Waals surface area contributed by atoms with Gasteiger partial charge in [0, 0.05) is 0 Å². The van der Waals surface area contributed by atoms with E-state index in [4.69, 9.17) is 4.74 Å². The van der Waals surface area contributed by atoms with E-state index in [2.05, 4.69) is 20.8 Å². The van der Waals surface area contributed by atoms with Gasteiger partial charge in [-0.25, -0.2) is 0 Å². The first-order valence-electron chi connectivity index (χ1n) is 9.86. The normalized spacial score (nSPS) is 23.2. The van der Waals surface area contributed by atoms with Crippen molar-refractivity contribution in [1.29, 1.82) is 0 Å². The van der Waals surface area contributed by atoms with Gasteiger partial charge in [-0.05, 0) is 41.7 Å². The van der Waals surface area contributed by atoms with E-state index in [1.165, 1.54) is 6.42 Å². The van der Waals surface area contributed by atoms with Crippen molar-refractivity contribution < 1.29 is 9.53 Å². The Bertz CT molecular complexity index is 653. The summed E-state index contributed by atoms with van der Waals surface area (Å²) >= 11 is 0. The smallest absolute Gasteiger partial charge is 0.318 e. The summed E-state index contributed by atoms with van der Waals surface area (Å²) in [6.07, 6.45) is 3.39. The van der Waals surface area contributed by atoms with Crippen LogP contribution in [-0.4, -0.2) is 12.1 Å². The maximum absolute atomic E-state index is 13.3. The molecule has 0 heterocycles. The third-order valence-corrected chi connectivity index (χ3v) is 5.73. The molecule has 1 fully saturated rings. The highest BCUT2D eigenvalue weighted by Gasteiger charge is 2.35. The maximum atomic E-state index is 13.3. The molecule has 3 rings (SSSR count). The summed E-state index contributed by atoms with van der Waals surface area (Å²) in [5, 5.41) is 0. The molecule has 1 aliphatic rings. The summed E-state index contributed by atoms with van der Waals surface area (Å²) in [6.45, 7) is 6.75. The number of esters is 1. The number of rotatable bonds is 5. The summed E-state index contributed by atoms with van der Waals surface area (Å²) in [5.74, 6) is 1.14. The molecule has 1 aliphatic carbocycles. The fraction of sp³-hybridized carbons (Fsp3) is 0.458. The topological polar surface area (TPSA) is 26.3 Å². The summed E-state index contributed by atoms with van der Waals surface area (Å²) in [4.78, 5) is 13.3. The second kappa shape index (κ2) is 8.53. The lowest BCUT2D eigenvalue weighted by atomic mass is 9.75. The SMILES string of the molecule is CC(C)[C@@H]1CC[C@@H](C)C[C@@H]1OC(=O)C(c1ccccc1)c1ccccc1. The van der Waals surface area contributed by atoms with Crippen LogP contribution in [-0.2, 0) is 9.53 Å². The number of benzene rings is 2. The van der Waals surface area contributed by atoms with E-state index in [-0.39, 0.29) is 18.0 Å². The van der Waals surface area contributed by atoms with Crippen LogP contribution in [0.5, 0.6) is 0 Å². The molecule has 0 bridgehead atoms. The van der Waals surface area contributed by atoms with E-state index in [0.29, 0.717) is 17.8 Å². The van der Waals surface area contributed by atoms with Crippen molar-refractivity contribution >= 4 is 5.97 Å². The molecule has 2 nitrogen and oxygen atoms in total. The zero-order chi connectivity index (χ0) is 18.5. The van der Waals surface area contributed by atoms with Gasteiger partial charge in [0.2, 0.25) is 0 Å². The highest BCUT2D eigenvalue weighted by molar-refractivity contribution is 5.82. The van der Waals surface area contributed by atoms with Crippen molar-refractivity contribution in [3.05, 3.63) is 71.8 Å². The van der Waals surface area contributed by atoms with E-state index in [9.17, 15) is 4.79 Å². The number of hydrogen-bond acceptors (Lipinski definition) is 2. The molecule has 1 saturated carbocycles. The molecule has 3 atom stereocenters. The monoisotopic (exact) mass is 350 g/mol. The van der Waals surface area contributed by atoms with E-state index < -0.39 is 0 Å². The third-order valence-electron chi connectivity index (χ3n) is 5.73. The van der Waals surface area contributed by atoms with Crippen LogP contribution < -0.4 is 0 Å². The van der Waals surface area contributed by atoms with Crippen LogP contribution in [0.4, 0.5) is 0 Å².